The largest absolute Gasteiger partial charge is 0.383 e. The molecule has 0 spiro atoms. The van der Waals surface area contributed by atoms with E-state index in [0.717, 1.165) is 39.1 Å². The normalized spacial score (nSPS) is 18.6. The molecular weight excluding hydrogens is 292 g/mol. The molecule has 0 unspecified atom stereocenters. The number of methoxy groups -OCH3 is 1. The number of piperidine rings is 1. The van der Waals surface area contributed by atoms with E-state index in [1.165, 1.54) is 6.92 Å². The number of carbonyl (C=O) groups excluding carboxylic acids is 2. The molecule has 0 bridgehead atoms. The summed E-state index contributed by atoms with van der Waals surface area (Å²) in [4.78, 5) is 26.4. The summed E-state index contributed by atoms with van der Waals surface area (Å²) in [6, 6.07) is 6.97. The van der Waals surface area contributed by atoms with Gasteiger partial charge in [-0.1, -0.05) is 18.2 Å². The zero-order valence-corrected chi connectivity index (χ0v) is 14.0. The second-order valence-electron chi connectivity index (χ2n) is 6.11. The van der Waals surface area contributed by atoms with E-state index in [0.29, 0.717) is 23.6 Å². The smallest absolute Gasteiger partial charge is 0.252 e. The zero-order valence-electron chi connectivity index (χ0n) is 14.0. The van der Waals surface area contributed by atoms with Gasteiger partial charge in [-0.2, -0.15) is 0 Å². The summed E-state index contributed by atoms with van der Waals surface area (Å²) in [6.07, 6.45) is 2.27. The van der Waals surface area contributed by atoms with Gasteiger partial charge in [0.1, 0.15) is 0 Å². The van der Waals surface area contributed by atoms with Crippen LogP contribution in [0.5, 0.6) is 0 Å². The first-order valence-electron chi connectivity index (χ1n) is 8.21. The van der Waals surface area contributed by atoms with Gasteiger partial charge in [0.2, 0.25) is 0 Å². The maximum absolute atomic E-state index is 12.4. The molecule has 126 valence electrons. The highest BCUT2D eigenvalue weighted by Crippen LogP contribution is 2.16. The van der Waals surface area contributed by atoms with Crippen LogP contribution >= 0.6 is 0 Å². The van der Waals surface area contributed by atoms with Crippen LogP contribution in [0.3, 0.4) is 0 Å². The van der Waals surface area contributed by atoms with Crippen LogP contribution in [0.15, 0.2) is 24.3 Å². The number of ketones is 1. The number of rotatable bonds is 7. The summed E-state index contributed by atoms with van der Waals surface area (Å²) in [7, 11) is 1.72. The van der Waals surface area contributed by atoms with Crippen LogP contribution < -0.4 is 5.32 Å². The van der Waals surface area contributed by atoms with E-state index in [1.54, 1.807) is 31.4 Å². The fourth-order valence-electron chi connectivity index (χ4n) is 3.06. The molecule has 2 rings (SSSR count). The highest BCUT2D eigenvalue weighted by atomic mass is 16.5. The van der Waals surface area contributed by atoms with Crippen LogP contribution in [0, 0.1) is 5.92 Å². The van der Waals surface area contributed by atoms with Crippen molar-refractivity contribution < 1.29 is 14.3 Å². The Hall–Kier alpha value is -1.72. The molecule has 1 aromatic carbocycles. The van der Waals surface area contributed by atoms with Gasteiger partial charge < -0.3 is 15.0 Å². The van der Waals surface area contributed by atoms with Crippen molar-refractivity contribution >= 4 is 11.7 Å². The first-order chi connectivity index (χ1) is 11.1. The van der Waals surface area contributed by atoms with E-state index >= 15 is 0 Å². The van der Waals surface area contributed by atoms with Gasteiger partial charge in [0, 0.05) is 32.3 Å². The zero-order chi connectivity index (χ0) is 16.7. The predicted octanol–water partition coefficient (Wildman–Crippen LogP) is 1.98. The monoisotopic (exact) mass is 318 g/mol. The molecule has 0 radical (unpaired) electrons. The van der Waals surface area contributed by atoms with E-state index in [2.05, 4.69) is 10.2 Å². The Morgan fingerprint density at radius 3 is 2.74 bits per heavy atom. The Kier molecular flexibility index (Phi) is 6.74. The minimum Gasteiger partial charge on any atom is -0.383 e. The molecule has 1 aromatic rings. The van der Waals surface area contributed by atoms with Crippen molar-refractivity contribution in [2.45, 2.75) is 19.8 Å². The number of ether oxygens (including phenoxy) is 1. The van der Waals surface area contributed by atoms with Crippen LogP contribution in [0.1, 0.15) is 40.5 Å². The van der Waals surface area contributed by atoms with Crippen molar-refractivity contribution in [1.82, 2.24) is 10.2 Å². The highest BCUT2D eigenvalue weighted by molar-refractivity contribution is 6.07. The van der Waals surface area contributed by atoms with Gasteiger partial charge in [0.05, 0.1) is 12.2 Å². The second-order valence-corrected chi connectivity index (χ2v) is 6.11. The number of hydrogen-bond donors (Lipinski definition) is 1. The lowest BCUT2D eigenvalue weighted by Gasteiger charge is -2.32. The molecule has 5 nitrogen and oxygen atoms in total. The number of Topliss-reactive ketones (excluding diaryl/α,β-unsaturated/α-hetero) is 1. The number of benzene rings is 1. The lowest BCUT2D eigenvalue weighted by molar-refractivity contribution is 0.0904. The maximum Gasteiger partial charge on any atom is 0.252 e. The highest BCUT2D eigenvalue weighted by Gasteiger charge is 2.21. The van der Waals surface area contributed by atoms with Gasteiger partial charge in [-0.25, -0.2) is 0 Å². The van der Waals surface area contributed by atoms with Crippen molar-refractivity contribution in [3.05, 3.63) is 35.4 Å². The van der Waals surface area contributed by atoms with E-state index < -0.39 is 0 Å². The Bertz CT molecular complexity index is 545. The number of likely N-dealkylation sites (tertiary alicyclic amines) is 1. The lowest BCUT2D eigenvalue weighted by Crippen LogP contribution is -2.42. The average Bonchev–Trinajstić information content (AvgIpc) is 2.58. The van der Waals surface area contributed by atoms with Crippen molar-refractivity contribution in [2.24, 2.45) is 5.92 Å². The minimum absolute atomic E-state index is 0.0841. The van der Waals surface area contributed by atoms with E-state index in [9.17, 15) is 9.59 Å². The summed E-state index contributed by atoms with van der Waals surface area (Å²) < 4.78 is 5.13. The summed E-state index contributed by atoms with van der Waals surface area (Å²) >= 11 is 0. The molecule has 1 atom stereocenters. The van der Waals surface area contributed by atoms with Crippen LogP contribution in [-0.2, 0) is 4.74 Å². The second kappa shape index (κ2) is 8.79. The standard InChI is InChI=1S/C18H26N2O3/c1-14(21)16-7-3-4-8-17(16)18(22)19-12-15-6-5-9-20(13-15)10-11-23-2/h3-4,7-8,15H,5-6,9-13H2,1-2H3,(H,19,22)/t15-/m1/s1. The van der Waals surface area contributed by atoms with Gasteiger partial charge in [0.15, 0.2) is 5.78 Å². The first-order valence-corrected chi connectivity index (χ1v) is 8.21. The quantitative estimate of drug-likeness (QED) is 0.781. The number of nitrogens with one attached hydrogen (secondary N) is 1. The molecule has 0 aromatic heterocycles. The summed E-state index contributed by atoms with van der Waals surface area (Å²) in [6.45, 7) is 5.90. The molecule has 1 fully saturated rings. The topological polar surface area (TPSA) is 58.6 Å². The predicted molar refractivity (Wildman–Crippen MR) is 89.8 cm³/mol. The van der Waals surface area contributed by atoms with Crippen molar-refractivity contribution in [1.29, 1.82) is 0 Å². The summed E-state index contributed by atoms with van der Waals surface area (Å²) in [5.74, 6) is 0.206. The summed E-state index contributed by atoms with van der Waals surface area (Å²) in [5.41, 5.74) is 0.947. The molecule has 0 aliphatic carbocycles. The van der Waals surface area contributed by atoms with Gasteiger partial charge in [-0.05, 0) is 38.3 Å². The molecular formula is C18H26N2O3. The Morgan fingerprint density at radius 1 is 1.30 bits per heavy atom. The van der Waals surface area contributed by atoms with Crippen LogP contribution in [-0.4, -0.2) is 56.5 Å². The molecule has 1 heterocycles. The molecule has 1 N–H and O–H groups in total. The van der Waals surface area contributed by atoms with Crippen LogP contribution in [0.2, 0.25) is 0 Å². The number of amides is 1. The summed E-state index contributed by atoms with van der Waals surface area (Å²) in [5, 5.41) is 2.99. The Balaban J connectivity index is 1.88. The number of hydrogen-bond acceptors (Lipinski definition) is 4. The van der Waals surface area contributed by atoms with Gasteiger partial charge in [-0.15, -0.1) is 0 Å². The van der Waals surface area contributed by atoms with Gasteiger partial charge >= 0.3 is 0 Å². The molecule has 1 saturated heterocycles. The van der Waals surface area contributed by atoms with Crippen LogP contribution in [0.25, 0.3) is 0 Å². The SMILES string of the molecule is COCCN1CCC[C@H](CNC(=O)c2ccccc2C(C)=O)C1. The van der Waals surface area contributed by atoms with Gasteiger partial charge in [-0.3, -0.25) is 9.59 Å². The van der Waals surface area contributed by atoms with Crippen molar-refractivity contribution in [2.75, 3.05) is 39.9 Å². The molecule has 1 amide bonds. The van der Waals surface area contributed by atoms with E-state index in [1.807, 2.05) is 0 Å². The third-order valence-corrected chi connectivity index (χ3v) is 4.32. The first kappa shape index (κ1) is 17.6. The van der Waals surface area contributed by atoms with Crippen molar-refractivity contribution in [3.63, 3.8) is 0 Å². The van der Waals surface area contributed by atoms with Crippen LogP contribution in [0.4, 0.5) is 0 Å². The number of nitrogens with zero attached hydrogens (tertiary/aromatic N) is 1. The molecule has 1 aliphatic rings. The Morgan fingerprint density at radius 2 is 2.04 bits per heavy atom. The van der Waals surface area contributed by atoms with Crippen molar-refractivity contribution in [3.8, 4) is 0 Å². The molecule has 1 aliphatic heterocycles. The molecule has 23 heavy (non-hydrogen) atoms. The number of carbonyl (C=O) groups is 2. The average molecular weight is 318 g/mol. The van der Waals surface area contributed by atoms with E-state index in [4.69, 9.17) is 4.74 Å². The fourth-order valence-corrected chi connectivity index (χ4v) is 3.06. The van der Waals surface area contributed by atoms with E-state index in [-0.39, 0.29) is 11.7 Å². The lowest BCUT2D eigenvalue weighted by atomic mass is 9.97. The Labute approximate surface area is 138 Å². The molecule has 0 saturated carbocycles. The minimum atomic E-state index is -0.162. The third kappa shape index (κ3) is 5.15. The van der Waals surface area contributed by atoms with Gasteiger partial charge in [0.25, 0.3) is 5.91 Å². The maximum atomic E-state index is 12.4. The molecule has 5 heteroatoms. The third-order valence-electron chi connectivity index (χ3n) is 4.32. The fraction of sp³-hybridized carbons (Fsp3) is 0.556.